The molecule has 0 aromatic rings. The molecule has 0 aromatic carbocycles. The molecule has 2 heterocycles. The van der Waals surface area contributed by atoms with Crippen molar-refractivity contribution in [2.24, 2.45) is 11.8 Å². The van der Waals surface area contributed by atoms with Crippen LogP contribution in [-0.2, 0) is 19.1 Å². The molecule has 2 aliphatic rings. The van der Waals surface area contributed by atoms with Crippen molar-refractivity contribution >= 4 is 11.9 Å². The lowest BCUT2D eigenvalue weighted by Crippen LogP contribution is -2.48. The van der Waals surface area contributed by atoms with Gasteiger partial charge in [0.2, 0.25) is 5.91 Å². The normalized spacial score (nSPS) is 27.6. The first-order chi connectivity index (χ1) is 9.67. The molecule has 20 heavy (non-hydrogen) atoms. The smallest absolute Gasteiger partial charge is 0.309 e. The minimum Gasteiger partial charge on any atom is -0.466 e. The molecule has 2 saturated heterocycles. The lowest BCUT2D eigenvalue weighted by Gasteiger charge is -2.33. The lowest BCUT2D eigenvalue weighted by molar-refractivity contribution is -0.151. The Balaban J connectivity index is 1.84. The van der Waals surface area contributed by atoms with E-state index in [1.54, 1.807) is 0 Å². The van der Waals surface area contributed by atoms with Crippen molar-refractivity contribution in [1.82, 2.24) is 10.2 Å². The van der Waals surface area contributed by atoms with Gasteiger partial charge in [0.25, 0.3) is 0 Å². The number of carbonyl (C=O) groups is 2. The highest BCUT2D eigenvalue weighted by Gasteiger charge is 2.37. The third-order valence-electron chi connectivity index (χ3n) is 4.20. The molecule has 0 aromatic heterocycles. The highest BCUT2D eigenvalue weighted by molar-refractivity contribution is 5.80. The number of rotatable bonds is 4. The van der Waals surface area contributed by atoms with Gasteiger partial charge in [-0.25, -0.2) is 0 Å². The number of hydrogen-bond donors (Lipinski definition) is 1. The predicted molar refractivity (Wildman–Crippen MR) is 73.1 cm³/mol. The van der Waals surface area contributed by atoms with Gasteiger partial charge in [0.05, 0.1) is 31.7 Å². The molecule has 2 atom stereocenters. The van der Waals surface area contributed by atoms with Gasteiger partial charge in [-0.15, -0.1) is 0 Å². The fraction of sp³-hybridized carbons (Fsp3) is 0.857. The van der Waals surface area contributed by atoms with Gasteiger partial charge in [0.15, 0.2) is 0 Å². The Hall–Kier alpha value is -1.14. The molecule has 6 nitrogen and oxygen atoms in total. The van der Waals surface area contributed by atoms with E-state index >= 15 is 0 Å². The summed E-state index contributed by atoms with van der Waals surface area (Å²) in [6.07, 6.45) is 1.39. The van der Waals surface area contributed by atoms with E-state index in [9.17, 15) is 9.59 Å². The predicted octanol–water partition coefficient (Wildman–Crippen LogP) is 0.0225. The Kier molecular flexibility index (Phi) is 5.37. The first-order valence-corrected chi connectivity index (χ1v) is 7.37. The second-order valence-corrected chi connectivity index (χ2v) is 5.39. The van der Waals surface area contributed by atoms with Gasteiger partial charge in [-0.2, -0.15) is 0 Å². The third-order valence-corrected chi connectivity index (χ3v) is 4.20. The molecular formula is C14H24N2O4. The number of piperidine rings is 1. The van der Waals surface area contributed by atoms with Crippen LogP contribution in [-0.4, -0.2) is 62.8 Å². The van der Waals surface area contributed by atoms with Crippen molar-refractivity contribution in [3.05, 3.63) is 0 Å². The van der Waals surface area contributed by atoms with Crippen LogP contribution in [0.3, 0.4) is 0 Å². The fourth-order valence-corrected chi connectivity index (χ4v) is 2.91. The Bertz CT molecular complexity index is 353. The molecular weight excluding hydrogens is 260 g/mol. The Morgan fingerprint density at radius 1 is 1.30 bits per heavy atom. The Morgan fingerprint density at radius 3 is 2.60 bits per heavy atom. The molecule has 2 rings (SSSR count). The number of nitrogens with one attached hydrogen (secondary N) is 1. The molecule has 0 aliphatic carbocycles. The molecule has 6 heteroatoms. The van der Waals surface area contributed by atoms with E-state index in [1.165, 1.54) is 0 Å². The minimum absolute atomic E-state index is 0.0566. The number of hydrogen-bond acceptors (Lipinski definition) is 5. The maximum Gasteiger partial charge on any atom is 0.309 e. The summed E-state index contributed by atoms with van der Waals surface area (Å²) in [7, 11) is 1.85. The first kappa shape index (κ1) is 15.3. The molecule has 2 aliphatic heterocycles. The second-order valence-electron chi connectivity index (χ2n) is 5.39. The van der Waals surface area contributed by atoms with Crippen molar-refractivity contribution in [2.45, 2.75) is 25.8 Å². The summed E-state index contributed by atoms with van der Waals surface area (Å²) in [5.74, 6) is -0.140. The van der Waals surface area contributed by atoms with Gasteiger partial charge in [0, 0.05) is 19.1 Å². The van der Waals surface area contributed by atoms with Crippen molar-refractivity contribution in [3.63, 3.8) is 0 Å². The van der Waals surface area contributed by atoms with E-state index in [2.05, 4.69) is 5.32 Å². The van der Waals surface area contributed by atoms with Gasteiger partial charge in [0.1, 0.15) is 0 Å². The van der Waals surface area contributed by atoms with Crippen LogP contribution in [0.15, 0.2) is 0 Å². The van der Waals surface area contributed by atoms with Crippen LogP contribution < -0.4 is 5.32 Å². The molecule has 1 N–H and O–H groups in total. The average molecular weight is 284 g/mol. The maximum atomic E-state index is 12.5. The summed E-state index contributed by atoms with van der Waals surface area (Å²) in [5.41, 5.74) is 0. The van der Waals surface area contributed by atoms with Crippen LogP contribution >= 0.6 is 0 Å². The summed E-state index contributed by atoms with van der Waals surface area (Å²) in [6, 6.07) is 0.102. The van der Waals surface area contributed by atoms with E-state index in [-0.39, 0.29) is 29.8 Å². The molecule has 2 fully saturated rings. The molecule has 0 bridgehead atoms. The van der Waals surface area contributed by atoms with Gasteiger partial charge < -0.3 is 19.7 Å². The topological polar surface area (TPSA) is 67.9 Å². The van der Waals surface area contributed by atoms with Crippen molar-refractivity contribution in [3.8, 4) is 0 Å². The number of ether oxygens (including phenoxy) is 2. The van der Waals surface area contributed by atoms with E-state index in [4.69, 9.17) is 9.47 Å². The van der Waals surface area contributed by atoms with Crippen LogP contribution in [0.5, 0.6) is 0 Å². The zero-order valence-corrected chi connectivity index (χ0v) is 12.3. The van der Waals surface area contributed by atoms with E-state index < -0.39 is 0 Å². The second kappa shape index (κ2) is 7.04. The lowest BCUT2D eigenvalue weighted by atomic mass is 9.94. The molecule has 0 saturated carbocycles. The third kappa shape index (κ3) is 3.30. The molecule has 0 radical (unpaired) electrons. The van der Waals surface area contributed by atoms with Crippen molar-refractivity contribution in [1.29, 1.82) is 0 Å². The first-order valence-electron chi connectivity index (χ1n) is 7.37. The number of esters is 1. The number of amides is 1. The van der Waals surface area contributed by atoms with E-state index in [0.29, 0.717) is 45.8 Å². The number of carbonyl (C=O) groups excluding carboxylic acids is 2. The van der Waals surface area contributed by atoms with Crippen LogP contribution in [0.1, 0.15) is 19.8 Å². The summed E-state index contributed by atoms with van der Waals surface area (Å²) in [5, 5.41) is 3.13. The summed E-state index contributed by atoms with van der Waals surface area (Å²) < 4.78 is 10.4. The van der Waals surface area contributed by atoms with Gasteiger partial charge in [-0.3, -0.25) is 9.59 Å². The standard InChI is InChI=1S/C14H24N2O4/c1-3-20-14(18)10-4-6-16(7-5-10)13(17)11-8-19-9-12(11)15-2/h10-12,15H,3-9H2,1-2H3. The summed E-state index contributed by atoms with van der Waals surface area (Å²) >= 11 is 0. The average Bonchev–Trinajstić information content (AvgIpc) is 2.95. The van der Waals surface area contributed by atoms with Gasteiger partial charge in [-0.05, 0) is 26.8 Å². The number of likely N-dealkylation sites (N-methyl/N-ethyl adjacent to an activating group) is 1. The van der Waals surface area contributed by atoms with Crippen molar-refractivity contribution < 1.29 is 19.1 Å². The Morgan fingerprint density at radius 2 is 2.00 bits per heavy atom. The zero-order valence-electron chi connectivity index (χ0n) is 12.3. The largest absolute Gasteiger partial charge is 0.466 e. The van der Waals surface area contributed by atoms with E-state index in [0.717, 1.165) is 0 Å². The highest BCUT2D eigenvalue weighted by atomic mass is 16.5. The van der Waals surface area contributed by atoms with E-state index in [1.807, 2.05) is 18.9 Å². The quantitative estimate of drug-likeness (QED) is 0.737. The van der Waals surface area contributed by atoms with Crippen LogP contribution in [0.25, 0.3) is 0 Å². The number of nitrogens with zero attached hydrogens (tertiary/aromatic N) is 1. The number of likely N-dealkylation sites (tertiary alicyclic amines) is 1. The van der Waals surface area contributed by atoms with Crippen molar-refractivity contribution in [2.75, 3.05) is 40.0 Å². The maximum absolute atomic E-state index is 12.5. The minimum atomic E-state index is -0.128. The zero-order chi connectivity index (χ0) is 14.5. The fourth-order valence-electron chi connectivity index (χ4n) is 2.91. The molecule has 0 spiro atoms. The molecule has 1 amide bonds. The SMILES string of the molecule is CCOC(=O)C1CCN(C(=O)C2COCC2NC)CC1. The summed E-state index contributed by atoms with van der Waals surface area (Å²) in [4.78, 5) is 26.0. The van der Waals surface area contributed by atoms with Gasteiger partial charge >= 0.3 is 5.97 Å². The van der Waals surface area contributed by atoms with Crippen LogP contribution in [0.2, 0.25) is 0 Å². The van der Waals surface area contributed by atoms with Crippen LogP contribution in [0.4, 0.5) is 0 Å². The molecule has 2 unspecified atom stereocenters. The monoisotopic (exact) mass is 284 g/mol. The molecule has 114 valence electrons. The summed E-state index contributed by atoms with van der Waals surface area (Å²) in [6.45, 7) is 4.58. The van der Waals surface area contributed by atoms with Gasteiger partial charge in [-0.1, -0.05) is 0 Å². The Labute approximate surface area is 119 Å². The highest BCUT2D eigenvalue weighted by Crippen LogP contribution is 2.23. The van der Waals surface area contributed by atoms with Crippen LogP contribution in [0, 0.1) is 11.8 Å².